The molecule has 0 aliphatic rings. The molecule has 1 heterocycles. The molecule has 3 aromatic rings. The number of halogens is 2. The molecule has 26 heavy (non-hydrogen) atoms. The van der Waals surface area contributed by atoms with Gasteiger partial charge in [0.25, 0.3) is 5.91 Å². The highest BCUT2D eigenvalue weighted by molar-refractivity contribution is 6.33. The zero-order valence-electron chi connectivity index (χ0n) is 14.1. The SMILES string of the molecule is O=C(c1c(F)cccc1Cl)N(CCc1ccccn1)Cc1ccccc1. The summed E-state index contributed by atoms with van der Waals surface area (Å²) in [4.78, 5) is 18.9. The summed E-state index contributed by atoms with van der Waals surface area (Å²) in [5.74, 6) is -1.04. The van der Waals surface area contributed by atoms with E-state index in [1.807, 2.05) is 48.5 Å². The molecule has 3 rings (SSSR count). The van der Waals surface area contributed by atoms with Crippen LogP contribution < -0.4 is 0 Å². The van der Waals surface area contributed by atoms with Gasteiger partial charge in [-0.05, 0) is 29.8 Å². The zero-order valence-corrected chi connectivity index (χ0v) is 14.9. The Labute approximate surface area is 157 Å². The third kappa shape index (κ3) is 4.46. The first-order chi connectivity index (χ1) is 12.6. The van der Waals surface area contributed by atoms with Crippen molar-refractivity contribution in [1.29, 1.82) is 0 Å². The summed E-state index contributed by atoms with van der Waals surface area (Å²) in [5, 5.41) is 0.117. The Bertz CT molecular complexity index is 851. The molecule has 5 heteroatoms. The van der Waals surface area contributed by atoms with Crippen LogP contribution in [0.25, 0.3) is 0 Å². The summed E-state index contributed by atoms with van der Waals surface area (Å²) in [5.41, 5.74) is 1.75. The molecule has 0 atom stereocenters. The van der Waals surface area contributed by atoms with Gasteiger partial charge in [0.2, 0.25) is 0 Å². The average Bonchev–Trinajstić information content (AvgIpc) is 2.66. The summed E-state index contributed by atoms with van der Waals surface area (Å²) >= 11 is 6.09. The molecule has 0 saturated heterocycles. The highest BCUT2D eigenvalue weighted by atomic mass is 35.5. The molecule has 0 bridgehead atoms. The number of hydrogen-bond donors (Lipinski definition) is 0. The van der Waals surface area contributed by atoms with Crippen LogP contribution in [0, 0.1) is 5.82 Å². The highest BCUT2D eigenvalue weighted by Crippen LogP contribution is 2.22. The first-order valence-corrected chi connectivity index (χ1v) is 8.70. The molecule has 0 saturated carbocycles. The van der Waals surface area contributed by atoms with Gasteiger partial charge in [0.1, 0.15) is 5.82 Å². The average molecular weight is 369 g/mol. The molecule has 0 fully saturated rings. The lowest BCUT2D eigenvalue weighted by molar-refractivity contribution is 0.0740. The van der Waals surface area contributed by atoms with Crippen molar-refractivity contribution in [3.8, 4) is 0 Å². The maximum atomic E-state index is 14.2. The third-order valence-electron chi connectivity index (χ3n) is 4.04. The van der Waals surface area contributed by atoms with Crippen molar-refractivity contribution in [2.75, 3.05) is 6.54 Å². The van der Waals surface area contributed by atoms with Crippen LogP contribution in [0.2, 0.25) is 5.02 Å². The number of carbonyl (C=O) groups excluding carboxylic acids is 1. The second-order valence-corrected chi connectivity index (χ2v) is 6.29. The number of aromatic nitrogens is 1. The van der Waals surface area contributed by atoms with Gasteiger partial charge in [-0.25, -0.2) is 4.39 Å². The van der Waals surface area contributed by atoms with Gasteiger partial charge in [0, 0.05) is 31.4 Å². The molecule has 132 valence electrons. The van der Waals surface area contributed by atoms with Crippen molar-refractivity contribution in [3.63, 3.8) is 0 Å². The lowest BCUT2D eigenvalue weighted by Gasteiger charge is -2.23. The van der Waals surface area contributed by atoms with Gasteiger partial charge in [0.05, 0.1) is 10.6 Å². The van der Waals surface area contributed by atoms with Crippen molar-refractivity contribution in [2.24, 2.45) is 0 Å². The highest BCUT2D eigenvalue weighted by Gasteiger charge is 2.22. The monoisotopic (exact) mass is 368 g/mol. The van der Waals surface area contributed by atoms with Crippen LogP contribution >= 0.6 is 11.6 Å². The Morgan fingerprint density at radius 3 is 2.46 bits per heavy atom. The summed E-state index contributed by atoms with van der Waals surface area (Å²) in [6.07, 6.45) is 2.29. The van der Waals surface area contributed by atoms with E-state index >= 15 is 0 Å². The summed E-state index contributed by atoms with van der Waals surface area (Å²) < 4.78 is 14.2. The maximum Gasteiger partial charge on any atom is 0.258 e. The minimum absolute atomic E-state index is 0.0916. The quantitative estimate of drug-likeness (QED) is 0.628. The third-order valence-corrected chi connectivity index (χ3v) is 4.36. The van der Waals surface area contributed by atoms with Gasteiger partial charge >= 0.3 is 0 Å². The van der Waals surface area contributed by atoms with Gasteiger partial charge in [-0.3, -0.25) is 9.78 Å². The van der Waals surface area contributed by atoms with E-state index in [1.54, 1.807) is 11.1 Å². The number of pyridine rings is 1. The number of nitrogens with zero attached hydrogens (tertiary/aromatic N) is 2. The van der Waals surface area contributed by atoms with Crippen molar-refractivity contribution in [2.45, 2.75) is 13.0 Å². The molecule has 0 aliphatic carbocycles. The van der Waals surface area contributed by atoms with Crippen LogP contribution in [0.5, 0.6) is 0 Å². The minimum Gasteiger partial charge on any atom is -0.334 e. The lowest BCUT2D eigenvalue weighted by atomic mass is 10.1. The molecule has 3 nitrogen and oxygen atoms in total. The number of carbonyl (C=O) groups is 1. The van der Waals surface area contributed by atoms with Crippen molar-refractivity contribution in [3.05, 3.63) is 101 Å². The predicted molar refractivity (Wildman–Crippen MR) is 101 cm³/mol. The smallest absolute Gasteiger partial charge is 0.258 e. The van der Waals surface area contributed by atoms with E-state index in [0.717, 1.165) is 11.3 Å². The summed E-state index contributed by atoms with van der Waals surface area (Å²) in [7, 11) is 0. The molecule has 0 aliphatic heterocycles. The molecule has 2 aromatic carbocycles. The maximum absolute atomic E-state index is 14.2. The van der Waals surface area contributed by atoms with Gasteiger partial charge in [-0.15, -0.1) is 0 Å². The predicted octanol–water partition coefficient (Wildman–Crippen LogP) is 4.76. The van der Waals surface area contributed by atoms with E-state index in [1.165, 1.54) is 18.2 Å². The molecule has 0 N–H and O–H groups in total. The Morgan fingerprint density at radius 2 is 1.77 bits per heavy atom. The van der Waals surface area contributed by atoms with Gasteiger partial charge in [-0.2, -0.15) is 0 Å². The number of amides is 1. The Morgan fingerprint density at radius 1 is 1.00 bits per heavy atom. The molecule has 0 radical (unpaired) electrons. The van der Waals surface area contributed by atoms with E-state index < -0.39 is 11.7 Å². The Hall–Kier alpha value is -2.72. The summed E-state index contributed by atoms with van der Waals surface area (Å²) in [6.45, 7) is 0.784. The molecule has 0 spiro atoms. The summed E-state index contributed by atoms with van der Waals surface area (Å²) in [6, 6.07) is 19.5. The second kappa shape index (κ2) is 8.59. The van der Waals surface area contributed by atoms with Crippen molar-refractivity contribution < 1.29 is 9.18 Å². The Kier molecular flexibility index (Phi) is 5.97. The van der Waals surface area contributed by atoms with Gasteiger partial charge < -0.3 is 4.90 Å². The van der Waals surface area contributed by atoms with Crippen molar-refractivity contribution in [1.82, 2.24) is 9.88 Å². The van der Waals surface area contributed by atoms with Crippen LogP contribution in [0.4, 0.5) is 4.39 Å². The van der Waals surface area contributed by atoms with E-state index in [2.05, 4.69) is 4.98 Å². The Balaban J connectivity index is 1.85. The molecule has 1 amide bonds. The van der Waals surface area contributed by atoms with Crippen LogP contribution in [0.15, 0.2) is 72.9 Å². The fraction of sp³-hybridized carbons (Fsp3) is 0.143. The van der Waals surface area contributed by atoms with Crippen molar-refractivity contribution >= 4 is 17.5 Å². The first kappa shape index (κ1) is 18.1. The van der Waals surface area contributed by atoms with Gasteiger partial charge in [-0.1, -0.05) is 54.1 Å². The molecule has 0 unspecified atom stereocenters. The van der Waals surface area contributed by atoms with Crippen LogP contribution in [-0.2, 0) is 13.0 Å². The fourth-order valence-corrected chi connectivity index (χ4v) is 2.96. The van der Waals surface area contributed by atoms with Crippen LogP contribution in [0.1, 0.15) is 21.6 Å². The number of rotatable bonds is 6. The van der Waals surface area contributed by atoms with Gasteiger partial charge in [0.15, 0.2) is 0 Å². The minimum atomic E-state index is -0.613. The van der Waals surface area contributed by atoms with E-state index in [4.69, 9.17) is 11.6 Å². The largest absolute Gasteiger partial charge is 0.334 e. The number of hydrogen-bond acceptors (Lipinski definition) is 2. The van der Waals surface area contributed by atoms with E-state index in [9.17, 15) is 9.18 Å². The molecule has 1 aromatic heterocycles. The number of benzene rings is 2. The topological polar surface area (TPSA) is 33.2 Å². The lowest BCUT2D eigenvalue weighted by Crippen LogP contribution is -2.33. The van der Waals surface area contributed by atoms with Crippen LogP contribution in [-0.4, -0.2) is 22.3 Å². The molecular formula is C21H18ClFN2O. The van der Waals surface area contributed by atoms with E-state index in [0.29, 0.717) is 19.5 Å². The standard InChI is InChI=1S/C21H18ClFN2O/c22-18-10-6-11-19(23)20(18)21(26)25(15-16-7-2-1-3-8-16)14-12-17-9-4-5-13-24-17/h1-11,13H,12,14-15H2. The fourth-order valence-electron chi connectivity index (χ4n) is 2.71. The normalized spacial score (nSPS) is 10.5. The first-order valence-electron chi connectivity index (χ1n) is 8.32. The second-order valence-electron chi connectivity index (χ2n) is 5.88. The molecular weight excluding hydrogens is 351 g/mol. The zero-order chi connectivity index (χ0) is 18.4. The van der Waals surface area contributed by atoms with E-state index in [-0.39, 0.29) is 10.6 Å². The van der Waals surface area contributed by atoms with Crippen LogP contribution in [0.3, 0.4) is 0 Å².